The van der Waals surface area contributed by atoms with E-state index in [4.69, 9.17) is 14.2 Å². The van der Waals surface area contributed by atoms with E-state index in [0.29, 0.717) is 19.3 Å². The molecule has 1 atom stereocenters. The Morgan fingerprint density at radius 2 is 0.500 bits per heavy atom. The second kappa shape index (κ2) is 65.6. The molecule has 0 spiro atoms. The van der Waals surface area contributed by atoms with Gasteiger partial charge in [-0.2, -0.15) is 0 Å². The minimum Gasteiger partial charge on any atom is -0.462 e. The van der Waals surface area contributed by atoms with Crippen molar-refractivity contribution in [2.24, 2.45) is 0 Å². The summed E-state index contributed by atoms with van der Waals surface area (Å²) >= 11 is 0. The second-order valence-corrected chi connectivity index (χ2v) is 21.6. The summed E-state index contributed by atoms with van der Waals surface area (Å²) in [6, 6.07) is 0. The lowest BCUT2D eigenvalue weighted by Crippen LogP contribution is -2.30. The number of hydrogen-bond acceptors (Lipinski definition) is 6. The first-order chi connectivity index (χ1) is 38.5. The van der Waals surface area contributed by atoms with Gasteiger partial charge in [-0.25, -0.2) is 0 Å². The molecular formula is C72H122O6. The molecule has 0 bridgehead atoms. The molecule has 0 amide bonds. The molecular weight excluding hydrogens is 961 g/mol. The zero-order valence-electron chi connectivity index (χ0n) is 51.2. The Hall–Kier alpha value is -3.93. The van der Waals surface area contributed by atoms with E-state index in [0.717, 1.165) is 122 Å². The van der Waals surface area contributed by atoms with E-state index in [2.05, 4.69) is 130 Å². The first-order valence-electron chi connectivity index (χ1n) is 32.9. The van der Waals surface area contributed by atoms with Crippen LogP contribution in [0.1, 0.15) is 310 Å². The molecule has 1 unspecified atom stereocenters. The number of hydrogen-bond donors (Lipinski definition) is 0. The van der Waals surface area contributed by atoms with Gasteiger partial charge in [0.1, 0.15) is 13.2 Å². The minimum absolute atomic E-state index is 0.0858. The van der Waals surface area contributed by atoms with Gasteiger partial charge in [-0.05, 0) is 109 Å². The average Bonchev–Trinajstić information content (AvgIpc) is 3.44. The van der Waals surface area contributed by atoms with Crippen molar-refractivity contribution < 1.29 is 28.6 Å². The molecule has 0 aliphatic rings. The van der Waals surface area contributed by atoms with Crippen molar-refractivity contribution >= 4 is 17.9 Å². The quantitative estimate of drug-likeness (QED) is 0.0261. The number of ether oxygens (including phenoxy) is 3. The number of rotatable bonds is 59. The number of carbonyl (C=O) groups is 3. The SMILES string of the molecule is CC/C=C\C/C=C\C/C=C\C/C=C\C/C=C\C/C=C\C/C=C\C/C=C\CCCCCCC(=O)OCC(COC(=O)CCCCCCCCCCCCCCCC)OC(=O)CCCCCCCCC/C=C\CCCCCCCC. The lowest BCUT2D eigenvalue weighted by atomic mass is 10.0. The molecule has 78 heavy (non-hydrogen) atoms. The molecule has 0 aromatic carbocycles. The highest BCUT2D eigenvalue weighted by molar-refractivity contribution is 5.71. The van der Waals surface area contributed by atoms with Gasteiger partial charge >= 0.3 is 17.9 Å². The predicted molar refractivity (Wildman–Crippen MR) is 339 cm³/mol. The monoisotopic (exact) mass is 1080 g/mol. The molecule has 0 saturated carbocycles. The number of esters is 3. The normalized spacial score (nSPS) is 12.8. The first-order valence-corrected chi connectivity index (χ1v) is 32.9. The van der Waals surface area contributed by atoms with Gasteiger partial charge in [0.2, 0.25) is 0 Å². The Bertz CT molecular complexity index is 1570. The third kappa shape index (κ3) is 62.9. The predicted octanol–water partition coefficient (Wildman–Crippen LogP) is 22.6. The van der Waals surface area contributed by atoms with Gasteiger partial charge in [0.05, 0.1) is 0 Å². The molecule has 0 rings (SSSR count). The van der Waals surface area contributed by atoms with E-state index < -0.39 is 6.10 Å². The molecule has 0 radical (unpaired) electrons. The third-order valence-electron chi connectivity index (χ3n) is 14.0. The van der Waals surface area contributed by atoms with E-state index in [1.54, 1.807) is 0 Å². The summed E-state index contributed by atoms with van der Waals surface area (Å²) in [6.07, 6.45) is 89.5. The highest BCUT2D eigenvalue weighted by Gasteiger charge is 2.19. The maximum atomic E-state index is 12.9. The molecule has 0 aromatic heterocycles. The van der Waals surface area contributed by atoms with Crippen molar-refractivity contribution in [2.75, 3.05) is 13.2 Å². The summed E-state index contributed by atoms with van der Waals surface area (Å²) in [7, 11) is 0. The van der Waals surface area contributed by atoms with Gasteiger partial charge in [0, 0.05) is 19.3 Å². The van der Waals surface area contributed by atoms with Crippen molar-refractivity contribution in [3.63, 3.8) is 0 Å². The van der Waals surface area contributed by atoms with Crippen LogP contribution in [0.15, 0.2) is 109 Å². The average molecular weight is 1080 g/mol. The van der Waals surface area contributed by atoms with E-state index in [1.165, 1.54) is 148 Å². The van der Waals surface area contributed by atoms with Crippen LogP contribution in [0.4, 0.5) is 0 Å². The van der Waals surface area contributed by atoms with Crippen LogP contribution in [-0.2, 0) is 28.6 Å². The summed E-state index contributed by atoms with van der Waals surface area (Å²) in [5, 5.41) is 0. The fraction of sp³-hybridized carbons (Fsp3) is 0.708. The third-order valence-corrected chi connectivity index (χ3v) is 14.0. The number of allylic oxidation sites excluding steroid dienone is 18. The lowest BCUT2D eigenvalue weighted by molar-refractivity contribution is -0.167. The Morgan fingerprint density at radius 3 is 0.795 bits per heavy atom. The van der Waals surface area contributed by atoms with Crippen molar-refractivity contribution in [3.8, 4) is 0 Å². The van der Waals surface area contributed by atoms with Gasteiger partial charge in [-0.1, -0.05) is 291 Å². The Balaban J connectivity index is 4.38. The molecule has 0 fully saturated rings. The fourth-order valence-corrected chi connectivity index (χ4v) is 9.10. The summed E-state index contributed by atoms with van der Waals surface area (Å²) in [4.78, 5) is 38.3. The van der Waals surface area contributed by atoms with Crippen molar-refractivity contribution in [2.45, 2.75) is 316 Å². The van der Waals surface area contributed by atoms with E-state index in [9.17, 15) is 14.4 Å². The van der Waals surface area contributed by atoms with E-state index in [1.807, 2.05) is 0 Å². The minimum atomic E-state index is -0.792. The van der Waals surface area contributed by atoms with Crippen LogP contribution in [-0.4, -0.2) is 37.2 Å². The maximum Gasteiger partial charge on any atom is 0.306 e. The van der Waals surface area contributed by atoms with Crippen LogP contribution in [0, 0.1) is 0 Å². The molecule has 446 valence electrons. The Kier molecular flexibility index (Phi) is 62.3. The molecule has 6 heteroatoms. The van der Waals surface area contributed by atoms with E-state index >= 15 is 0 Å². The van der Waals surface area contributed by atoms with Crippen LogP contribution in [0.3, 0.4) is 0 Å². The summed E-state index contributed by atoms with van der Waals surface area (Å²) in [5.74, 6) is -0.906. The smallest absolute Gasteiger partial charge is 0.306 e. The summed E-state index contributed by atoms with van der Waals surface area (Å²) < 4.78 is 16.9. The molecule has 0 aromatic rings. The van der Waals surface area contributed by atoms with Crippen molar-refractivity contribution in [1.29, 1.82) is 0 Å². The Labute approximate surface area is 482 Å². The summed E-state index contributed by atoms with van der Waals surface area (Å²) in [6.45, 7) is 6.52. The number of carbonyl (C=O) groups excluding carboxylic acids is 3. The van der Waals surface area contributed by atoms with Gasteiger partial charge in [0.15, 0.2) is 6.10 Å². The van der Waals surface area contributed by atoms with E-state index in [-0.39, 0.29) is 31.1 Å². The molecule has 0 N–H and O–H groups in total. The van der Waals surface area contributed by atoms with Crippen LogP contribution < -0.4 is 0 Å². The Morgan fingerprint density at radius 1 is 0.269 bits per heavy atom. The van der Waals surface area contributed by atoms with Crippen LogP contribution in [0.2, 0.25) is 0 Å². The topological polar surface area (TPSA) is 78.9 Å². The van der Waals surface area contributed by atoms with Crippen molar-refractivity contribution in [3.05, 3.63) is 109 Å². The van der Waals surface area contributed by atoms with Crippen LogP contribution in [0.25, 0.3) is 0 Å². The molecule has 0 aliphatic heterocycles. The molecule has 0 heterocycles. The van der Waals surface area contributed by atoms with Gasteiger partial charge in [-0.3, -0.25) is 14.4 Å². The van der Waals surface area contributed by atoms with Gasteiger partial charge in [0.25, 0.3) is 0 Å². The highest BCUT2D eigenvalue weighted by atomic mass is 16.6. The van der Waals surface area contributed by atoms with Gasteiger partial charge in [-0.15, -0.1) is 0 Å². The van der Waals surface area contributed by atoms with Gasteiger partial charge < -0.3 is 14.2 Å². The second-order valence-electron chi connectivity index (χ2n) is 21.6. The standard InChI is InChI=1S/C72H122O6/c1-4-7-10-13-16-19-22-25-28-30-31-32-33-34-35-36-37-38-39-40-41-43-44-47-50-53-56-59-62-65-71(74)77-68-69(67-76-70(73)64-61-58-55-52-49-46-27-24-21-18-15-12-9-6-3)78-72(75)66-63-60-57-54-51-48-45-42-29-26-23-20-17-14-11-8-5-2/h7,10,16,19,25-26,28-29,31-32,34-35,37-38,40-41,44,47,69H,4-6,8-9,11-15,17-18,20-24,27,30,33,36,39,42-43,45-46,48-68H2,1-3H3/b10-7-,19-16-,28-25-,29-26-,32-31-,35-34-,38-37-,41-40-,47-44-. The fourth-order valence-electron chi connectivity index (χ4n) is 9.10. The zero-order valence-corrected chi connectivity index (χ0v) is 51.2. The van der Waals surface area contributed by atoms with Crippen LogP contribution in [0.5, 0.6) is 0 Å². The highest BCUT2D eigenvalue weighted by Crippen LogP contribution is 2.16. The number of unbranched alkanes of at least 4 members (excludes halogenated alkanes) is 30. The molecule has 0 saturated heterocycles. The zero-order chi connectivity index (χ0) is 56.4. The largest absolute Gasteiger partial charge is 0.462 e. The molecule has 0 aliphatic carbocycles. The summed E-state index contributed by atoms with van der Waals surface area (Å²) in [5.41, 5.74) is 0. The lowest BCUT2D eigenvalue weighted by Gasteiger charge is -2.18. The molecule has 6 nitrogen and oxygen atoms in total. The van der Waals surface area contributed by atoms with Crippen molar-refractivity contribution in [1.82, 2.24) is 0 Å². The van der Waals surface area contributed by atoms with Crippen LogP contribution >= 0.6 is 0 Å². The maximum absolute atomic E-state index is 12.9. The first kappa shape index (κ1) is 74.1.